The zero-order valence-electron chi connectivity index (χ0n) is 15.6. The molecule has 3 nitrogen and oxygen atoms in total. The summed E-state index contributed by atoms with van der Waals surface area (Å²) in [7, 11) is -1.87. The molecule has 138 valence electrons. The molecule has 1 aromatic rings. The van der Waals surface area contributed by atoms with E-state index in [0.29, 0.717) is 6.61 Å². The van der Waals surface area contributed by atoms with Gasteiger partial charge in [-0.2, -0.15) is 0 Å². The van der Waals surface area contributed by atoms with E-state index in [0.717, 1.165) is 12.8 Å². The van der Waals surface area contributed by atoms with E-state index in [-0.39, 0.29) is 11.5 Å². The Hall–Kier alpha value is -0.990. The van der Waals surface area contributed by atoms with Gasteiger partial charge in [-0.3, -0.25) is 0 Å². The number of rotatable bonds is 10. The first kappa shape index (κ1) is 20.3. The molecule has 0 aliphatic heterocycles. The first-order chi connectivity index (χ1) is 12.1. The average molecular weight is 362 g/mol. The molecule has 3 unspecified atom stereocenters. The molecule has 1 aliphatic rings. The molecular weight excluding hydrogens is 331 g/mol. The molecule has 0 bridgehead atoms. The fraction of sp³-hybridized carbons (Fsp3) is 0.524. The van der Waals surface area contributed by atoms with E-state index >= 15 is 0 Å². The molecule has 0 saturated carbocycles. The predicted octanol–water partition coefficient (Wildman–Crippen LogP) is 6.05. The van der Waals surface area contributed by atoms with Crippen LogP contribution in [0.4, 0.5) is 0 Å². The van der Waals surface area contributed by atoms with Crippen molar-refractivity contribution in [3.05, 3.63) is 59.7 Å². The van der Waals surface area contributed by atoms with Gasteiger partial charge in [0.05, 0.1) is 12.7 Å². The zero-order chi connectivity index (χ0) is 18.1. The second-order valence-corrected chi connectivity index (χ2v) is 7.76. The van der Waals surface area contributed by atoms with Crippen molar-refractivity contribution in [1.29, 1.82) is 0 Å². The Morgan fingerprint density at radius 1 is 1.12 bits per heavy atom. The number of hydrogen-bond donors (Lipinski definition) is 1. The number of unbranched alkanes of at least 4 members (excludes halogenated alkanes) is 4. The maximum atomic E-state index is 10.2. The minimum absolute atomic E-state index is 0.240. The highest BCUT2D eigenvalue weighted by molar-refractivity contribution is 7.40. The van der Waals surface area contributed by atoms with Crippen molar-refractivity contribution in [2.75, 3.05) is 6.61 Å². The van der Waals surface area contributed by atoms with Gasteiger partial charge in [0.1, 0.15) is 0 Å². The van der Waals surface area contributed by atoms with Crippen LogP contribution in [-0.4, -0.2) is 17.6 Å². The Morgan fingerprint density at radius 3 is 2.56 bits per heavy atom. The molecule has 2 rings (SSSR count). The van der Waals surface area contributed by atoms with Gasteiger partial charge < -0.3 is 13.9 Å². The summed E-state index contributed by atoms with van der Waals surface area (Å²) in [6.07, 6.45) is 11.7. The van der Waals surface area contributed by atoms with Crippen LogP contribution in [-0.2, 0) is 14.5 Å². The second kappa shape index (κ2) is 10.2. The molecule has 0 radical (unpaired) electrons. The molecule has 4 heteroatoms. The largest absolute Gasteiger partial charge is 0.330 e. The van der Waals surface area contributed by atoms with Crippen LogP contribution in [0.25, 0.3) is 0 Å². The highest BCUT2D eigenvalue weighted by atomic mass is 31.2. The summed E-state index contributed by atoms with van der Waals surface area (Å²) in [5.74, 6) is 0. The van der Waals surface area contributed by atoms with E-state index in [1.54, 1.807) is 0 Å². The lowest BCUT2D eigenvalue weighted by molar-refractivity contribution is 0.128. The van der Waals surface area contributed by atoms with E-state index < -0.39 is 8.60 Å². The van der Waals surface area contributed by atoms with Crippen molar-refractivity contribution < 1.29 is 13.9 Å². The van der Waals surface area contributed by atoms with Gasteiger partial charge in [-0.05, 0) is 25.8 Å². The smallest absolute Gasteiger partial charge is 0.328 e. The monoisotopic (exact) mass is 362 g/mol. The van der Waals surface area contributed by atoms with Crippen LogP contribution in [0.1, 0.15) is 58.4 Å². The maximum absolute atomic E-state index is 10.2. The molecule has 0 saturated heterocycles. The molecule has 0 fully saturated rings. The van der Waals surface area contributed by atoms with Crippen LogP contribution in [0.15, 0.2) is 54.1 Å². The van der Waals surface area contributed by atoms with E-state index in [1.807, 2.05) is 30.4 Å². The number of hydrogen-bond acceptors (Lipinski definition) is 3. The first-order valence-electron chi connectivity index (χ1n) is 9.28. The third-order valence-corrected chi connectivity index (χ3v) is 5.86. The van der Waals surface area contributed by atoms with Gasteiger partial charge in [0.15, 0.2) is 0 Å². The van der Waals surface area contributed by atoms with Crippen LogP contribution in [0, 0.1) is 0 Å². The third-order valence-electron chi connectivity index (χ3n) is 5.05. The quantitative estimate of drug-likeness (QED) is 0.407. The van der Waals surface area contributed by atoms with Crippen molar-refractivity contribution in [2.24, 2.45) is 0 Å². The molecule has 0 spiro atoms. The topological polar surface area (TPSA) is 38.7 Å². The molecule has 0 amide bonds. The molecule has 1 N–H and O–H groups in total. The van der Waals surface area contributed by atoms with Crippen LogP contribution < -0.4 is 0 Å². The molecule has 0 aromatic heterocycles. The van der Waals surface area contributed by atoms with Gasteiger partial charge in [0, 0.05) is 5.41 Å². The lowest BCUT2D eigenvalue weighted by Gasteiger charge is -2.39. The van der Waals surface area contributed by atoms with Crippen LogP contribution in [0.2, 0.25) is 0 Å². The van der Waals surface area contributed by atoms with Crippen molar-refractivity contribution in [2.45, 2.75) is 64.4 Å². The van der Waals surface area contributed by atoms with E-state index in [4.69, 9.17) is 9.05 Å². The predicted molar refractivity (Wildman–Crippen MR) is 105 cm³/mol. The van der Waals surface area contributed by atoms with E-state index in [9.17, 15) is 4.89 Å². The van der Waals surface area contributed by atoms with Crippen molar-refractivity contribution in [1.82, 2.24) is 0 Å². The summed E-state index contributed by atoms with van der Waals surface area (Å²) in [6.45, 7) is 7.03. The Balaban J connectivity index is 1.93. The summed E-state index contributed by atoms with van der Waals surface area (Å²) in [6, 6.07) is 10.3. The fourth-order valence-electron chi connectivity index (χ4n) is 3.18. The fourth-order valence-corrected chi connectivity index (χ4v) is 4.00. The van der Waals surface area contributed by atoms with Gasteiger partial charge in [-0.1, -0.05) is 86.7 Å². The summed E-state index contributed by atoms with van der Waals surface area (Å²) in [5, 5.41) is 0. The number of allylic oxidation sites excluding steroid dienone is 2. The Kier molecular flexibility index (Phi) is 8.32. The average Bonchev–Trinajstić information content (AvgIpc) is 2.63. The highest BCUT2D eigenvalue weighted by Gasteiger charge is 2.40. The maximum Gasteiger partial charge on any atom is 0.330 e. The Labute approximate surface area is 153 Å². The lowest BCUT2D eigenvalue weighted by atomic mass is 9.70. The van der Waals surface area contributed by atoms with Gasteiger partial charge in [0.25, 0.3) is 0 Å². The molecule has 0 heterocycles. The van der Waals surface area contributed by atoms with Crippen LogP contribution in [0.5, 0.6) is 0 Å². The molecule has 3 atom stereocenters. The van der Waals surface area contributed by atoms with Gasteiger partial charge >= 0.3 is 8.60 Å². The Morgan fingerprint density at radius 2 is 1.84 bits per heavy atom. The lowest BCUT2D eigenvalue weighted by Crippen LogP contribution is -2.39. The third kappa shape index (κ3) is 5.49. The van der Waals surface area contributed by atoms with Gasteiger partial charge in [0.2, 0.25) is 0 Å². The van der Waals surface area contributed by atoms with E-state index in [2.05, 4.69) is 39.0 Å². The number of benzene rings is 1. The molecule has 1 aliphatic carbocycles. The summed E-state index contributed by atoms with van der Waals surface area (Å²) < 4.78 is 11.5. The second-order valence-electron chi connectivity index (χ2n) is 6.81. The van der Waals surface area contributed by atoms with Gasteiger partial charge in [-0.15, -0.1) is 0 Å². The molecule has 1 aromatic carbocycles. The summed E-state index contributed by atoms with van der Waals surface area (Å²) >= 11 is 0. The molecular formula is C21H31O3P. The minimum atomic E-state index is -1.87. The van der Waals surface area contributed by atoms with Crippen LogP contribution in [0.3, 0.4) is 0 Å². The Bertz CT molecular complexity index is 570. The zero-order valence-corrected chi connectivity index (χ0v) is 16.5. The standard InChI is InChI=1S/C21H31O3P/c1-4-5-6-7-11-17-23-25(22)24-20-16-12-13-18(2)21(20,3)19-14-9-8-10-15-19/h8-10,12-16,20,22H,4-7,11,17H2,1-3H3. The van der Waals surface area contributed by atoms with E-state index in [1.165, 1.54) is 30.4 Å². The van der Waals surface area contributed by atoms with Crippen LogP contribution >= 0.6 is 8.60 Å². The SMILES string of the molecule is CCCCCCCOP(O)OC1C=CC=C(C)C1(C)c1ccccc1. The normalized spacial score (nSPS) is 24.2. The van der Waals surface area contributed by atoms with Gasteiger partial charge in [-0.25, -0.2) is 0 Å². The minimum Gasteiger partial charge on any atom is -0.328 e. The summed E-state index contributed by atoms with van der Waals surface area (Å²) in [5.41, 5.74) is 2.10. The molecule has 25 heavy (non-hydrogen) atoms. The first-order valence-corrected chi connectivity index (χ1v) is 10.4. The van der Waals surface area contributed by atoms with Crippen molar-refractivity contribution in [3.63, 3.8) is 0 Å². The summed E-state index contributed by atoms with van der Waals surface area (Å²) in [4.78, 5) is 10.2. The van der Waals surface area contributed by atoms with Crippen molar-refractivity contribution in [3.8, 4) is 0 Å². The van der Waals surface area contributed by atoms with Crippen molar-refractivity contribution >= 4 is 8.60 Å². The highest BCUT2D eigenvalue weighted by Crippen LogP contribution is 2.46.